The van der Waals surface area contributed by atoms with Crippen molar-refractivity contribution in [1.82, 2.24) is 0 Å². The lowest BCUT2D eigenvalue weighted by Crippen LogP contribution is -1.91. The molecule has 0 nitrogen and oxygen atoms in total. The average molecular weight is 272 g/mol. The molecule has 112 valence electrons. The number of hydrogen-bond acceptors (Lipinski definition) is 0. The van der Waals surface area contributed by atoms with Gasteiger partial charge in [-0.2, -0.15) is 0 Å². The third-order valence-electron chi connectivity index (χ3n) is 4.30. The van der Waals surface area contributed by atoms with Crippen LogP contribution in [0, 0.1) is 0 Å². The first-order chi connectivity index (χ1) is 9.73. The standard InChI is InChI=1S/C20H32/c1-6-11-12-14-17(13-7-2)20-15-16(8-3)18(9-4)19(20)10-5/h7,13-14H,6,8-12,15H2,1-5H3/b13-7+,17-14+. The molecule has 0 heteroatoms. The number of rotatable bonds is 8. The van der Waals surface area contributed by atoms with E-state index in [-0.39, 0.29) is 0 Å². The van der Waals surface area contributed by atoms with Crippen molar-refractivity contribution in [1.29, 1.82) is 0 Å². The van der Waals surface area contributed by atoms with E-state index in [0.717, 1.165) is 0 Å². The fourth-order valence-corrected chi connectivity index (χ4v) is 3.26. The van der Waals surface area contributed by atoms with Crippen LogP contribution in [-0.2, 0) is 0 Å². The summed E-state index contributed by atoms with van der Waals surface area (Å²) in [6, 6.07) is 0. The molecule has 0 unspecified atom stereocenters. The van der Waals surface area contributed by atoms with Crippen LogP contribution in [0.1, 0.15) is 79.6 Å². The van der Waals surface area contributed by atoms with Crippen molar-refractivity contribution in [2.75, 3.05) is 0 Å². The quantitative estimate of drug-likeness (QED) is 0.333. The zero-order valence-electron chi connectivity index (χ0n) is 14.2. The first-order valence-corrected chi connectivity index (χ1v) is 8.49. The molecule has 0 aromatic rings. The molecule has 0 radical (unpaired) electrons. The third-order valence-corrected chi connectivity index (χ3v) is 4.30. The Balaban J connectivity index is 3.11. The van der Waals surface area contributed by atoms with Gasteiger partial charge in [0.25, 0.3) is 0 Å². The summed E-state index contributed by atoms with van der Waals surface area (Å²) in [6.07, 6.45) is 15.5. The molecule has 1 rings (SSSR count). The van der Waals surface area contributed by atoms with Crippen molar-refractivity contribution in [3.63, 3.8) is 0 Å². The Morgan fingerprint density at radius 1 is 1.00 bits per heavy atom. The summed E-state index contributed by atoms with van der Waals surface area (Å²) in [5.74, 6) is 0. The molecule has 0 heterocycles. The van der Waals surface area contributed by atoms with Crippen LogP contribution in [0.5, 0.6) is 0 Å². The van der Waals surface area contributed by atoms with Gasteiger partial charge in [0.05, 0.1) is 0 Å². The molecule has 0 aromatic heterocycles. The zero-order valence-corrected chi connectivity index (χ0v) is 14.2. The Morgan fingerprint density at radius 3 is 2.20 bits per heavy atom. The molecule has 20 heavy (non-hydrogen) atoms. The largest absolute Gasteiger partial charge is 0.0871 e. The predicted molar refractivity (Wildman–Crippen MR) is 92.0 cm³/mol. The highest BCUT2D eigenvalue weighted by atomic mass is 14.3. The topological polar surface area (TPSA) is 0 Å². The van der Waals surface area contributed by atoms with Crippen molar-refractivity contribution in [2.45, 2.75) is 79.6 Å². The molecule has 0 atom stereocenters. The van der Waals surface area contributed by atoms with Crippen LogP contribution in [0.2, 0.25) is 0 Å². The van der Waals surface area contributed by atoms with Gasteiger partial charge in [0.1, 0.15) is 0 Å². The fourth-order valence-electron chi connectivity index (χ4n) is 3.26. The van der Waals surface area contributed by atoms with Crippen LogP contribution in [-0.4, -0.2) is 0 Å². The highest BCUT2D eigenvalue weighted by molar-refractivity contribution is 5.57. The molecule has 0 N–H and O–H groups in total. The van der Waals surface area contributed by atoms with E-state index in [2.05, 4.69) is 52.8 Å². The van der Waals surface area contributed by atoms with Gasteiger partial charge in [-0.15, -0.1) is 0 Å². The minimum Gasteiger partial charge on any atom is -0.0871 e. The molecule has 0 saturated heterocycles. The van der Waals surface area contributed by atoms with Gasteiger partial charge in [0.15, 0.2) is 0 Å². The van der Waals surface area contributed by atoms with Crippen LogP contribution < -0.4 is 0 Å². The maximum Gasteiger partial charge on any atom is -0.00526 e. The number of allylic oxidation sites excluding steroid dienone is 8. The normalized spacial score (nSPS) is 16.9. The second kappa shape index (κ2) is 9.00. The first-order valence-electron chi connectivity index (χ1n) is 8.49. The van der Waals surface area contributed by atoms with Crippen LogP contribution in [0.3, 0.4) is 0 Å². The highest BCUT2D eigenvalue weighted by Gasteiger charge is 2.22. The van der Waals surface area contributed by atoms with Gasteiger partial charge >= 0.3 is 0 Å². The summed E-state index contributed by atoms with van der Waals surface area (Å²) >= 11 is 0. The van der Waals surface area contributed by atoms with Crippen LogP contribution in [0.4, 0.5) is 0 Å². The molecule has 0 saturated carbocycles. The van der Waals surface area contributed by atoms with Gasteiger partial charge in [-0.1, -0.05) is 64.3 Å². The lowest BCUT2D eigenvalue weighted by Gasteiger charge is -2.10. The molecule has 0 aromatic carbocycles. The Kier molecular flexibility index (Phi) is 7.65. The van der Waals surface area contributed by atoms with E-state index >= 15 is 0 Å². The highest BCUT2D eigenvalue weighted by Crippen LogP contribution is 2.41. The average Bonchev–Trinajstić information content (AvgIpc) is 2.83. The van der Waals surface area contributed by atoms with E-state index in [4.69, 9.17) is 0 Å². The van der Waals surface area contributed by atoms with E-state index < -0.39 is 0 Å². The number of unbranched alkanes of at least 4 members (excludes halogenated alkanes) is 2. The van der Waals surface area contributed by atoms with Crippen molar-refractivity contribution >= 4 is 0 Å². The minimum absolute atomic E-state index is 1.17. The molecule has 1 aliphatic rings. The van der Waals surface area contributed by atoms with Crippen molar-refractivity contribution in [2.24, 2.45) is 0 Å². The predicted octanol–water partition coefficient (Wildman–Crippen LogP) is 6.91. The van der Waals surface area contributed by atoms with Gasteiger partial charge in [-0.3, -0.25) is 0 Å². The summed E-state index contributed by atoms with van der Waals surface area (Å²) in [7, 11) is 0. The monoisotopic (exact) mass is 272 g/mol. The Morgan fingerprint density at radius 2 is 1.70 bits per heavy atom. The molecule has 0 fully saturated rings. The van der Waals surface area contributed by atoms with Gasteiger partial charge in [0, 0.05) is 0 Å². The zero-order chi connectivity index (χ0) is 15.0. The van der Waals surface area contributed by atoms with E-state index in [9.17, 15) is 0 Å². The molecule has 0 amide bonds. The second-order valence-corrected chi connectivity index (χ2v) is 5.58. The number of hydrogen-bond donors (Lipinski definition) is 0. The van der Waals surface area contributed by atoms with Crippen molar-refractivity contribution in [3.8, 4) is 0 Å². The van der Waals surface area contributed by atoms with Crippen molar-refractivity contribution < 1.29 is 0 Å². The smallest absolute Gasteiger partial charge is 0.00526 e. The molecule has 0 bridgehead atoms. The van der Waals surface area contributed by atoms with Gasteiger partial charge in [-0.25, -0.2) is 0 Å². The summed E-state index contributed by atoms with van der Waals surface area (Å²) in [6.45, 7) is 11.3. The fraction of sp³-hybridized carbons (Fsp3) is 0.600. The van der Waals surface area contributed by atoms with Gasteiger partial charge in [-0.05, 0) is 61.3 Å². The summed E-state index contributed by atoms with van der Waals surface area (Å²) in [4.78, 5) is 0. The molecule has 0 aliphatic heterocycles. The minimum atomic E-state index is 1.17. The van der Waals surface area contributed by atoms with Gasteiger partial charge < -0.3 is 0 Å². The Labute approximate surface area is 126 Å². The summed E-state index contributed by atoms with van der Waals surface area (Å²) < 4.78 is 0. The summed E-state index contributed by atoms with van der Waals surface area (Å²) in [5, 5.41) is 0. The maximum atomic E-state index is 2.46. The lowest BCUT2D eigenvalue weighted by atomic mass is 9.95. The molecule has 0 spiro atoms. The SMILES string of the molecule is C/C=C/C(=C\CCCC)C1=C(CC)C(CC)=C(CC)C1. The van der Waals surface area contributed by atoms with Crippen LogP contribution in [0.15, 0.2) is 46.1 Å². The van der Waals surface area contributed by atoms with Crippen LogP contribution >= 0.6 is 0 Å². The Bertz CT molecular complexity index is 427. The van der Waals surface area contributed by atoms with Gasteiger partial charge in [0.2, 0.25) is 0 Å². The maximum absolute atomic E-state index is 2.46. The van der Waals surface area contributed by atoms with E-state index in [1.165, 1.54) is 50.5 Å². The van der Waals surface area contributed by atoms with Crippen molar-refractivity contribution in [3.05, 3.63) is 46.1 Å². The summed E-state index contributed by atoms with van der Waals surface area (Å²) in [5.41, 5.74) is 8.04. The molecular formula is C20H32. The Hall–Kier alpha value is -1.04. The molecule has 1 aliphatic carbocycles. The first kappa shape index (κ1) is 17.0. The molecular weight excluding hydrogens is 240 g/mol. The van der Waals surface area contributed by atoms with E-state index in [0.29, 0.717) is 0 Å². The van der Waals surface area contributed by atoms with E-state index in [1.54, 1.807) is 22.3 Å². The second-order valence-electron chi connectivity index (χ2n) is 5.58. The van der Waals surface area contributed by atoms with E-state index in [1.807, 2.05) is 0 Å². The van der Waals surface area contributed by atoms with Crippen LogP contribution in [0.25, 0.3) is 0 Å². The third kappa shape index (κ3) is 3.98. The lowest BCUT2D eigenvalue weighted by molar-refractivity contribution is 0.812.